The molecule has 2 heterocycles. The zero-order valence-electron chi connectivity index (χ0n) is 15.3. The fourth-order valence-corrected chi connectivity index (χ4v) is 3.21. The molecule has 8 heteroatoms. The number of hydrogen-bond donors (Lipinski definition) is 3. The van der Waals surface area contributed by atoms with Crippen molar-refractivity contribution in [3.05, 3.63) is 12.5 Å². The summed E-state index contributed by atoms with van der Waals surface area (Å²) in [6.45, 7) is 9.37. The number of likely N-dealkylation sites (tertiary alicyclic amines) is 1. The van der Waals surface area contributed by atoms with Crippen molar-refractivity contribution < 1.29 is 14.7 Å². The number of carbonyl (C=O) groups is 2. The summed E-state index contributed by atoms with van der Waals surface area (Å²) in [4.78, 5) is 29.8. The second-order valence-corrected chi connectivity index (χ2v) is 7.24. The number of hydrogen-bond acceptors (Lipinski definition) is 4. The van der Waals surface area contributed by atoms with Crippen LogP contribution in [0.4, 0.5) is 10.6 Å². The quantitative estimate of drug-likeness (QED) is 0.666. The summed E-state index contributed by atoms with van der Waals surface area (Å²) in [7, 11) is 0. The molecule has 2 rings (SSSR count). The van der Waals surface area contributed by atoms with E-state index in [1.165, 1.54) is 12.8 Å². The smallest absolute Gasteiger partial charge is 0.405 e. The van der Waals surface area contributed by atoms with Gasteiger partial charge in [0, 0.05) is 12.7 Å². The summed E-state index contributed by atoms with van der Waals surface area (Å²) in [5.74, 6) is 0.0552. The fraction of sp³-hybridized carbons (Fsp3) is 0.706. The van der Waals surface area contributed by atoms with Crippen molar-refractivity contribution in [2.75, 3.05) is 25.0 Å². The van der Waals surface area contributed by atoms with Crippen LogP contribution in [0.2, 0.25) is 0 Å². The van der Waals surface area contributed by atoms with Gasteiger partial charge in [-0.2, -0.15) is 0 Å². The van der Waals surface area contributed by atoms with Crippen LogP contribution in [0, 0.1) is 0 Å². The first-order chi connectivity index (χ1) is 11.8. The highest BCUT2D eigenvalue weighted by Crippen LogP contribution is 2.21. The van der Waals surface area contributed by atoms with Gasteiger partial charge in [0.05, 0.1) is 11.9 Å². The molecule has 3 N–H and O–H groups in total. The van der Waals surface area contributed by atoms with Crippen LogP contribution in [-0.2, 0) is 10.3 Å². The van der Waals surface area contributed by atoms with Crippen molar-refractivity contribution in [2.24, 2.45) is 0 Å². The number of carbonyl (C=O) groups excluding carboxylic acids is 1. The highest BCUT2D eigenvalue weighted by Gasteiger charge is 2.26. The van der Waals surface area contributed by atoms with Gasteiger partial charge in [-0.3, -0.25) is 4.79 Å². The van der Waals surface area contributed by atoms with Crippen LogP contribution in [-0.4, -0.2) is 57.2 Å². The van der Waals surface area contributed by atoms with Crippen molar-refractivity contribution >= 4 is 17.8 Å². The molecule has 1 aromatic heterocycles. The third kappa shape index (κ3) is 5.45. The molecule has 1 saturated heterocycles. The maximum absolute atomic E-state index is 12.3. The molecule has 0 radical (unpaired) electrons. The highest BCUT2D eigenvalue weighted by atomic mass is 16.4. The van der Waals surface area contributed by atoms with Crippen LogP contribution >= 0.6 is 0 Å². The summed E-state index contributed by atoms with van der Waals surface area (Å²) in [6, 6.07) is -0.773. The van der Waals surface area contributed by atoms with Gasteiger partial charge < -0.3 is 25.2 Å². The van der Waals surface area contributed by atoms with E-state index in [1.807, 2.05) is 11.5 Å². The van der Waals surface area contributed by atoms with Crippen LogP contribution in [0.1, 0.15) is 46.5 Å². The predicted octanol–water partition coefficient (Wildman–Crippen LogP) is 2.09. The Hall–Kier alpha value is -2.09. The van der Waals surface area contributed by atoms with E-state index in [4.69, 9.17) is 5.11 Å². The van der Waals surface area contributed by atoms with Gasteiger partial charge >= 0.3 is 6.09 Å². The molecular weight excluding hydrogens is 322 g/mol. The monoisotopic (exact) mass is 351 g/mol. The third-order valence-electron chi connectivity index (χ3n) is 4.53. The molecule has 1 unspecified atom stereocenters. The first-order valence-corrected chi connectivity index (χ1v) is 8.89. The Morgan fingerprint density at radius 3 is 2.64 bits per heavy atom. The van der Waals surface area contributed by atoms with Crippen LogP contribution < -0.4 is 10.6 Å². The molecule has 1 aromatic rings. The van der Waals surface area contributed by atoms with E-state index in [2.05, 4.69) is 34.4 Å². The lowest BCUT2D eigenvalue weighted by atomic mass is 10.1. The molecule has 0 aliphatic carbocycles. The Labute approximate surface area is 148 Å². The van der Waals surface area contributed by atoms with Crippen LogP contribution in [0.5, 0.6) is 0 Å². The van der Waals surface area contributed by atoms with Crippen molar-refractivity contribution in [1.29, 1.82) is 0 Å². The largest absolute Gasteiger partial charge is 0.465 e. The number of aromatic nitrogens is 2. The second kappa shape index (κ2) is 8.33. The molecular formula is C17H29N5O3. The number of nitrogens with one attached hydrogen (secondary N) is 2. The van der Waals surface area contributed by atoms with Crippen LogP contribution in [0.15, 0.2) is 12.5 Å². The Kier molecular flexibility index (Phi) is 6.41. The van der Waals surface area contributed by atoms with Gasteiger partial charge in [0.15, 0.2) is 5.82 Å². The Bertz CT molecular complexity index is 593. The summed E-state index contributed by atoms with van der Waals surface area (Å²) < 4.78 is 2.00. The molecule has 0 bridgehead atoms. The number of rotatable bonds is 8. The Balaban J connectivity index is 1.99. The molecule has 8 nitrogen and oxygen atoms in total. The zero-order chi connectivity index (χ0) is 18.4. The van der Waals surface area contributed by atoms with E-state index in [0.29, 0.717) is 18.7 Å². The minimum absolute atomic E-state index is 0.136. The van der Waals surface area contributed by atoms with E-state index in [1.54, 1.807) is 12.5 Å². The second-order valence-electron chi connectivity index (χ2n) is 7.24. The van der Waals surface area contributed by atoms with E-state index in [9.17, 15) is 9.59 Å². The molecule has 1 atom stereocenters. The molecule has 25 heavy (non-hydrogen) atoms. The minimum Gasteiger partial charge on any atom is -0.465 e. The molecule has 0 saturated carbocycles. The predicted molar refractivity (Wildman–Crippen MR) is 95.7 cm³/mol. The standard InChI is InChI=1S/C17H29N5O3/c1-4-7-13(19-16(24)25)15(23)20-14-10-22(12-18-14)17(2,3)11-21-8-5-6-9-21/h10,12-13,19H,4-9,11H2,1-3H3,(H,20,23)(H,24,25). The van der Waals surface area contributed by atoms with Gasteiger partial charge in [0.25, 0.3) is 0 Å². The van der Waals surface area contributed by atoms with Crippen molar-refractivity contribution in [3.8, 4) is 0 Å². The van der Waals surface area contributed by atoms with Gasteiger partial charge in [-0.15, -0.1) is 0 Å². The van der Waals surface area contributed by atoms with Crippen molar-refractivity contribution in [1.82, 2.24) is 19.8 Å². The molecule has 2 amide bonds. The lowest BCUT2D eigenvalue weighted by Crippen LogP contribution is -2.43. The van der Waals surface area contributed by atoms with Gasteiger partial charge in [-0.25, -0.2) is 9.78 Å². The lowest BCUT2D eigenvalue weighted by molar-refractivity contribution is -0.118. The number of anilines is 1. The summed E-state index contributed by atoms with van der Waals surface area (Å²) in [5, 5.41) is 13.8. The number of imidazole rings is 1. The van der Waals surface area contributed by atoms with E-state index >= 15 is 0 Å². The first-order valence-electron chi connectivity index (χ1n) is 8.89. The van der Waals surface area contributed by atoms with Gasteiger partial charge in [0.2, 0.25) is 5.91 Å². The normalized spacial score (nSPS) is 16.6. The lowest BCUT2D eigenvalue weighted by Gasteiger charge is -2.31. The van der Waals surface area contributed by atoms with Crippen molar-refractivity contribution in [3.63, 3.8) is 0 Å². The van der Waals surface area contributed by atoms with Gasteiger partial charge in [0.1, 0.15) is 6.04 Å². The van der Waals surface area contributed by atoms with E-state index < -0.39 is 12.1 Å². The number of amides is 2. The van der Waals surface area contributed by atoms with Crippen LogP contribution in [0.3, 0.4) is 0 Å². The third-order valence-corrected chi connectivity index (χ3v) is 4.53. The summed E-state index contributed by atoms with van der Waals surface area (Å²) in [6.07, 6.45) is 5.96. The van der Waals surface area contributed by atoms with E-state index in [0.717, 1.165) is 19.6 Å². The fourth-order valence-electron chi connectivity index (χ4n) is 3.21. The topological polar surface area (TPSA) is 99.5 Å². The maximum Gasteiger partial charge on any atom is 0.405 e. The Morgan fingerprint density at radius 2 is 2.04 bits per heavy atom. The Morgan fingerprint density at radius 1 is 1.36 bits per heavy atom. The first kappa shape index (κ1) is 19.2. The van der Waals surface area contributed by atoms with Gasteiger partial charge in [-0.1, -0.05) is 13.3 Å². The highest BCUT2D eigenvalue weighted by molar-refractivity contribution is 5.95. The maximum atomic E-state index is 12.3. The molecule has 140 valence electrons. The average molecular weight is 351 g/mol. The molecule has 1 fully saturated rings. The summed E-state index contributed by atoms with van der Waals surface area (Å²) in [5.41, 5.74) is -0.136. The number of carboxylic acid groups (broad SMARTS) is 1. The minimum atomic E-state index is -1.20. The van der Waals surface area contributed by atoms with Gasteiger partial charge in [-0.05, 0) is 46.2 Å². The average Bonchev–Trinajstić information content (AvgIpc) is 3.18. The number of nitrogens with zero attached hydrogens (tertiary/aromatic N) is 3. The molecule has 0 aromatic carbocycles. The van der Waals surface area contributed by atoms with Crippen LogP contribution in [0.25, 0.3) is 0 Å². The molecule has 1 aliphatic rings. The van der Waals surface area contributed by atoms with Crippen molar-refractivity contribution in [2.45, 2.75) is 58.0 Å². The zero-order valence-corrected chi connectivity index (χ0v) is 15.3. The van der Waals surface area contributed by atoms with E-state index in [-0.39, 0.29) is 11.4 Å². The summed E-state index contributed by atoms with van der Waals surface area (Å²) >= 11 is 0. The molecule has 1 aliphatic heterocycles. The molecule has 0 spiro atoms. The SMILES string of the molecule is CCCC(NC(=O)O)C(=O)Nc1cn(C(C)(C)CN2CCCC2)cn1.